The molecular weight excluding hydrogens is 184 g/mol. The Hall–Kier alpha value is -0.0800. The van der Waals surface area contributed by atoms with Crippen LogP contribution in [0.5, 0.6) is 0 Å². The van der Waals surface area contributed by atoms with Gasteiger partial charge in [-0.25, -0.2) is 0 Å². The molecule has 15 heavy (non-hydrogen) atoms. The Kier molecular flexibility index (Phi) is 22.5. The van der Waals surface area contributed by atoms with Gasteiger partial charge in [0.05, 0.1) is 0 Å². The van der Waals surface area contributed by atoms with Crippen LogP contribution in [0.15, 0.2) is 0 Å². The Bertz CT molecular complexity index is 74.6. The van der Waals surface area contributed by atoms with Crippen molar-refractivity contribution in [3.05, 3.63) is 0 Å². The molecule has 2 nitrogen and oxygen atoms in total. The Morgan fingerprint density at radius 2 is 0.867 bits per heavy atom. The molecule has 0 saturated carbocycles. The molecule has 4 N–H and O–H groups in total. The first-order valence-electron chi connectivity index (χ1n) is 6.73. The minimum absolute atomic E-state index is 0.861. The predicted molar refractivity (Wildman–Crippen MR) is 71.0 cm³/mol. The van der Waals surface area contributed by atoms with Crippen molar-refractivity contribution in [1.82, 2.24) is 0 Å². The number of hydrogen-bond acceptors (Lipinski definition) is 2. The molecular formula is C13H32N2. The highest BCUT2D eigenvalue weighted by atomic mass is 14.5. The highest BCUT2D eigenvalue weighted by molar-refractivity contribution is 4.41. The molecule has 0 bridgehead atoms. The SMILES string of the molecule is CCCCCCCN.CCCCCCN. The van der Waals surface area contributed by atoms with E-state index in [0.29, 0.717) is 0 Å². The van der Waals surface area contributed by atoms with Gasteiger partial charge in [-0.05, 0) is 25.9 Å². The predicted octanol–water partition coefficient (Wildman–Crippen LogP) is 3.44. The van der Waals surface area contributed by atoms with Crippen molar-refractivity contribution >= 4 is 0 Å². The fraction of sp³-hybridized carbons (Fsp3) is 1.00. The van der Waals surface area contributed by atoms with Crippen molar-refractivity contribution in [1.29, 1.82) is 0 Å². The molecule has 0 heterocycles. The molecule has 0 aromatic rings. The fourth-order valence-corrected chi connectivity index (χ4v) is 1.32. The summed E-state index contributed by atoms with van der Waals surface area (Å²) in [6.07, 6.45) is 11.8. The average molecular weight is 216 g/mol. The standard InChI is InChI=1S/C7H17N.C6H15N/c1-2-3-4-5-6-7-8;1-2-3-4-5-6-7/h2-8H2,1H3;2-7H2,1H3. The highest BCUT2D eigenvalue weighted by Crippen LogP contribution is 2.00. The van der Waals surface area contributed by atoms with Crippen molar-refractivity contribution in [3.8, 4) is 0 Å². The molecule has 0 radical (unpaired) electrons. The van der Waals surface area contributed by atoms with E-state index in [-0.39, 0.29) is 0 Å². The molecule has 0 aliphatic heterocycles. The molecule has 0 aliphatic rings. The molecule has 0 saturated heterocycles. The third kappa shape index (κ3) is 24.9. The van der Waals surface area contributed by atoms with Crippen LogP contribution in [0, 0.1) is 0 Å². The minimum Gasteiger partial charge on any atom is -0.330 e. The summed E-state index contributed by atoms with van der Waals surface area (Å²) >= 11 is 0. The van der Waals surface area contributed by atoms with E-state index < -0.39 is 0 Å². The molecule has 0 aromatic heterocycles. The van der Waals surface area contributed by atoms with Crippen LogP contribution >= 0.6 is 0 Å². The van der Waals surface area contributed by atoms with Gasteiger partial charge in [0.1, 0.15) is 0 Å². The van der Waals surface area contributed by atoms with Crippen molar-refractivity contribution in [2.24, 2.45) is 11.5 Å². The Labute approximate surface area is 96.8 Å². The van der Waals surface area contributed by atoms with Crippen molar-refractivity contribution in [2.75, 3.05) is 13.1 Å². The Balaban J connectivity index is 0. The summed E-state index contributed by atoms with van der Waals surface area (Å²) < 4.78 is 0. The average Bonchev–Trinajstić information content (AvgIpc) is 2.26. The largest absolute Gasteiger partial charge is 0.330 e. The van der Waals surface area contributed by atoms with Crippen LogP contribution in [0.4, 0.5) is 0 Å². The Morgan fingerprint density at radius 1 is 0.533 bits per heavy atom. The summed E-state index contributed by atoms with van der Waals surface area (Å²) in [5, 5.41) is 0. The quantitative estimate of drug-likeness (QED) is 0.580. The van der Waals surface area contributed by atoms with E-state index in [1.807, 2.05) is 0 Å². The van der Waals surface area contributed by atoms with Crippen molar-refractivity contribution in [3.63, 3.8) is 0 Å². The molecule has 0 atom stereocenters. The van der Waals surface area contributed by atoms with Gasteiger partial charge in [0.15, 0.2) is 0 Å². The molecule has 2 heteroatoms. The zero-order chi connectivity index (χ0) is 11.8. The maximum absolute atomic E-state index is 5.31. The van der Waals surface area contributed by atoms with Gasteiger partial charge >= 0.3 is 0 Å². The van der Waals surface area contributed by atoms with Crippen LogP contribution < -0.4 is 11.5 Å². The lowest BCUT2D eigenvalue weighted by Crippen LogP contribution is -1.97. The van der Waals surface area contributed by atoms with E-state index in [2.05, 4.69) is 13.8 Å². The summed E-state index contributed by atoms with van der Waals surface area (Å²) in [6, 6.07) is 0. The van der Waals surface area contributed by atoms with Gasteiger partial charge in [0.25, 0.3) is 0 Å². The van der Waals surface area contributed by atoms with Crippen LogP contribution in [0.3, 0.4) is 0 Å². The zero-order valence-electron chi connectivity index (χ0n) is 10.9. The van der Waals surface area contributed by atoms with E-state index in [1.165, 1.54) is 57.8 Å². The molecule has 0 fully saturated rings. The molecule has 94 valence electrons. The third-order valence-corrected chi connectivity index (χ3v) is 2.37. The van der Waals surface area contributed by atoms with Gasteiger partial charge in [-0.2, -0.15) is 0 Å². The molecule has 0 amide bonds. The van der Waals surface area contributed by atoms with Crippen LogP contribution in [0.1, 0.15) is 71.6 Å². The van der Waals surface area contributed by atoms with Gasteiger partial charge in [0, 0.05) is 0 Å². The molecule has 0 aromatic carbocycles. The lowest BCUT2D eigenvalue weighted by molar-refractivity contribution is 0.638. The van der Waals surface area contributed by atoms with Gasteiger partial charge in [-0.3, -0.25) is 0 Å². The second-order valence-corrected chi connectivity index (χ2v) is 4.05. The minimum atomic E-state index is 0.861. The highest BCUT2D eigenvalue weighted by Gasteiger charge is 1.83. The molecule has 0 rings (SSSR count). The number of unbranched alkanes of at least 4 members (excludes halogenated alkanes) is 7. The fourth-order valence-electron chi connectivity index (χ4n) is 1.32. The first kappa shape index (κ1) is 17.3. The number of nitrogens with two attached hydrogens (primary N) is 2. The van der Waals surface area contributed by atoms with Crippen molar-refractivity contribution in [2.45, 2.75) is 71.6 Å². The van der Waals surface area contributed by atoms with E-state index in [0.717, 1.165) is 13.1 Å². The van der Waals surface area contributed by atoms with Gasteiger partial charge < -0.3 is 11.5 Å². The lowest BCUT2D eigenvalue weighted by Gasteiger charge is -1.93. The summed E-state index contributed by atoms with van der Waals surface area (Å²) in [4.78, 5) is 0. The maximum Gasteiger partial charge on any atom is -0.00773 e. The van der Waals surface area contributed by atoms with Gasteiger partial charge in [-0.1, -0.05) is 58.8 Å². The summed E-state index contributed by atoms with van der Waals surface area (Å²) in [7, 11) is 0. The summed E-state index contributed by atoms with van der Waals surface area (Å²) in [5.74, 6) is 0. The van der Waals surface area contributed by atoms with E-state index in [9.17, 15) is 0 Å². The smallest absolute Gasteiger partial charge is 0.00773 e. The van der Waals surface area contributed by atoms with E-state index in [1.54, 1.807) is 0 Å². The lowest BCUT2D eigenvalue weighted by atomic mass is 10.2. The van der Waals surface area contributed by atoms with Gasteiger partial charge in [-0.15, -0.1) is 0 Å². The normalized spacial score (nSPS) is 9.60. The molecule has 0 aliphatic carbocycles. The first-order valence-corrected chi connectivity index (χ1v) is 6.73. The summed E-state index contributed by atoms with van der Waals surface area (Å²) in [5.41, 5.74) is 10.6. The zero-order valence-corrected chi connectivity index (χ0v) is 10.9. The van der Waals surface area contributed by atoms with Gasteiger partial charge in [0.2, 0.25) is 0 Å². The Morgan fingerprint density at radius 3 is 1.20 bits per heavy atom. The van der Waals surface area contributed by atoms with E-state index >= 15 is 0 Å². The number of hydrogen-bond donors (Lipinski definition) is 2. The molecule has 0 unspecified atom stereocenters. The second-order valence-electron chi connectivity index (χ2n) is 4.05. The van der Waals surface area contributed by atoms with Crippen molar-refractivity contribution < 1.29 is 0 Å². The van der Waals surface area contributed by atoms with Crippen LogP contribution in [0.25, 0.3) is 0 Å². The number of rotatable bonds is 9. The summed E-state index contributed by atoms with van der Waals surface area (Å²) in [6.45, 7) is 6.16. The molecule has 0 spiro atoms. The second kappa shape index (κ2) is 19.5. The van der Waals surface area contributed by atoms with E-state index in [4.69, 9.17) is 11.5 Å². The van der Waals surface area contributed by atoms with Crippen LogP contribution in [-0.4, -0.2) is 13.1 Å². The van der Waals surface area contributed by atoms with Crippen LogP contribution in [-0.2, 0) is 0 Å². The first-order chi connectivity index (χ1) is 7.33. The topological polar surface area (TPSA) is 52.0 Å². The van der Waals surface area contributed by atoms with Crippen LogP contribution in [0.2, 0.25) is 0 Å². The monoisotopic (exact) mass is 216 g/mol. The third-order valence-electron chi connectivity index (χ3n) is 2.37. The maximum atomic E-state index is 5.31.